The molecule has 102 valence electrons. The van der Waals surface area contributed by atoms with E-state index < -0.39 is 17.8 Å². The third-order valence-corrected chi connectivity index (χ3v) is 3.03. The van der Waals surface area contributed by atoms with Crippen molar-refractivity contribution in [3.05, 3.63) is 34.1 Å². The van der Waals surface area contributed by atoms with Crippen LogP contribution in [0.15, 0.2) is 27.2 Å². The summed E-state index contributed by atoms with van der Waals surface area (Å²) in [4.78, 5) is 3.82. The van der Waals surface area contributed by atoms with Crippen LogP contribution in [0.5, 0.6) is 0 Å². The molecule has 0 saturated carbocycles. The first-order valence-corrected chi connectivity index (χ1v) is 5.97. The second-order valence-corrected chi connectivity index (χ2v) is 4.68. The van der Waals surface area contributed by atoms with Crippen LogP contribution in [0.2, 0.25) is 0 Å². The highest BCUT2D eigenvalue weighted by Gasteiger charge is 2.33. The molecule has 0 fully saturated rings. The number of aromatic nitrogens is 2. The molecular weight excluding hydrogens is 329 g/mol. The summed E-state index contributed by atoms with van der Waals surface area (Å²) in [6.07, 6.45) is -5.43. The number of benzene rings is 1. The van der Waals surface area contributed by atoms with Gasteiger partial charge in [0.05, 0.1) is 5.56 Å². The summed E-state index contributed by atoms with van der Waals surface area (Å²) >= 11 is 2.84. The van der Waals surface area contributed by atoms with Gasteiger partial charge in [-0.25, -0.2) is 0 Å². The van der Waals surface area contributed by atoms with E-state index in [1.807, 2.05) is 0 Å². The van der Waals surface area contributed by atoms with Crippen molar-refractivity contribution in [2.24, 2.45) is 0 Å². The summed E-state index contributed by atoms with van der Waals surface area (Å²) in [5, 5.41) is 12.7. The molecule has 2 aromatic rings. The molecule has 1 unspecified atom stereocenters. The lowest BCUT2D eigenvalue weighted by atomic mass is 10.1. The molecule has 8 heteroatoms. The molecule has 1 N–H and O–H groups in total. The predicted octanol–water partition coefficient (Wildman–Crippen LogP) is 3.57. The van der Waals surface area contributed by atoms with Crippen molar-refractivity contribution in [2.45, 2.75) is 19.2 Å². The molecule has 0 aliphatic heterocycles. The van der Waals surface area contributed by atoms with Gasteiger partial charge in [0.2, 0.25) is 0 Å². The van der Waals surface area contributed by atoms with Gasteiger partial charge in [-0.05, 0) is 25.1 Å². The van der Waals surface area contributed by atoms with Crippen molar-refractivity contribution in [3.8, 4) is 11.5 Å². The fraction of sp³-hybridized carbons (Fsp3) is 0.273. The topological polar surface area (TPSA) is 59.2 Å². The van der Waals surface area contributed by atoms with Crippen LogP contribution in [-0.4, -0.2) is 15.2 Å². The molecule has 2 rings (SSSR count). The summed E-state index contributed by atoms with van der Waals surface area (Å²) in [5.41, 5.74) is -0.697. The first kappa shape index (κ1) is 14.0. The van der Waals surface area contributed by atoms with E-state index in [0.29, 0.717) is 0 Å². The number of aliphatic hydroxyl groups is 1. The Bertz CT molecular complexity index is 596. The molecule has 0 amide bonds. The maximum atomic E-state index is 12.7. The zero-order valence-electron chi connectivity index (χ0n) is 9.57. The third kappa shape index (κ3) is 2.95. The van der Waals surface area contributed by atoms with E-state index in [1.165, 1.54) is 19.1 Å². The highest BCUT2D eigenvalue weighted by atomic mass is 79.9. The highest BCUT2D eigenvalue weighted by Crippen LogP contribution is 2.37. The van der Waals surface area contributed by atoms with E-state index >= 15 is 0 Å². The summed E-state index contributed by atoms with van der Waals surface area (Å²) in [7, 11) is 0. The fourth-order valence-corrected chi connectivity index (χ4v) is 1.87. The summed E-state index contributed by atoms with van der Waals surface area (Å²) in [5.74, 6) is -0.0552. The van der Waals surface area contributed by atoms with Crippen LogP contribution in [0, 0.1) is 0 Å². The van der Waals surface area contributed by atoms with Crippen LogP contribution in [0.25, 0.3) is 11.5 Å². The largest absolute Gasteiger partial charge is 0.417 e. The van der Waals surface area contributed by atoms with Crippen molar-refractivity contribution >= 4 is 15.9 Å². The molecule has 0 bridgehead atoms. The number of alkyl halides is 3. The van der Waals surface area contributed by atoms with E-state index in [0.717, 1.165) is 6.07 Å². The zero-order valence-corrected chi connectivity index (χ0v) is 11.2. The van der Waals surface area contributed by atoms with Gasteiger partial charge in [-0.2, -0.15) is 18.2 Å². The number of hydrogen-bond acceptors (Lipinski definition) is 4. The second-order valence-electron chi connectivity index (χ2n) is 3.83. The van der Waals surface area contributed by atoms with E-state index in [4.69, 9.17) is 4.52 Å². The Kier molecular flexibility index (Phi) is 3.64. The number of hydrogen-bond donors (Lipinski definition) is 1. The van der Waals surface area contributed by atoms with E-state index in [2.05, 4.69) is 26.1 Å². The summed E-state index contributed by atoms with van der Waals surface area (Å²) in [6, 6.07) is 3.58. The van der Waals surface area contributed by atoms with Gasteiger partial charge in [0.1, 0.15) is 6.10 Å². The number of aliphatic hydroxyl groups excluding tert-OH is 1. The number of nitrogens with zero attached hydrogens (tertiary/aromatic N) is 2. The highest BCUT2D eigenvalue weighted by molar-refractivity contribution is 9.10. The molecule has 1 atom stereocenters. The smallest absolute Gasteiger partial charge is 0.385 e. The molecule has 4 nitrogen and oxygen atoms in total. The molecule has 0 radical (unpaired) electrons. The lowest BCUT2D eigenvalue weighted by molar-refractivity contribution is -0.138. The Morgan fingerprint density at radius 1 is 1.37 bits per heavy atom. The number of halogens is 4. The molecular formula is C11H8BrF3N2O2. The minimum absolute atomic E-state index is 0.0199. The lowest BCUT2D eigenvalue weighted by Crippen LogP contribution is -2.06. The van der Waals surface area contributed by atoms with E-state index in [1.54, 1.807) is 0 Å². The van der Waals surface area contributed by atoms with Gasteiger partial charge in [-0.15, -0.1) is 0 Å². The first-order valence-electron chi connectivity index (χ1n) is 5.18. The summed E-state index contributed by atoms with van der Waals surface area (Å²) in [6.45, 7) is 1.43. The molecule has 0 saturated heterocycles. The standard InChI is InChI=1S/C11H8BrF3N2O2/c1-5(18)9-16-10(19-17-9)6-2-3-8(12)7(4-6)11(13,14)15/h2-5,18H,1H3. The van der Waals surface area contributed by atoms with Crippen molar-refractivity contribution in [3.63, 3.8) is 0 Å². The Balaban J connectivity index is 2.45. The first-order chi connectivity index (χ1) is 8.79. The van der Waals surface area contributed by atoms with Crippen LogP contribution in [0.3, 0.4) is 0 Å². The second kappa shape index (κ2) is 4.93. The maximum absolute atomic E-state index is 12.7. The van der Waals surface area contributed by atoms with Crippen LogP contribution in [-0.2, 0) is 6.18 Å². The zero-order chi connectivity index (χ0) is 14.2. The van der Waals surface area contributed by atoms with Gasteiger partial charge in [-0.1, -0.05) is 21.1 Å². The normalized spacial score (nSPS) is 13.6. The van der Waals surface area contributed by atoms with Gasteiger partial charge in [0, 0.05) is 10.0 Å². The molecule has 1 heterocycles. The Labute approximate surface area is 114 Å². The SMILES string of the molecule is CC(O)c1noc(-c2ccc(Br)c(C(F)(F)F)c2)n1. The molecule has 1 aromatic carbocycles. The lowest BCUT2D eigenvalue weighted by Gasteiger charge is -2.09. The Morgan fingerprint density at radius 3 is 2.58 bits per heavy atom. The van der Waals surface area contributed by atoms with Crippen molar-refractivity contribution in [1.29, 1.82) is 0 Å². The third-order valence-electron chi connectivity index (χ3n) is 2.33. The van der Waals surface area contributed by atoms with Gasteiger partial charge >= 0.3 is 6.18 Å². The molecule has 0 aliphatic rings. The van der Waals surface area contributed by atoms with Gasteiger partial charge in [0.15, 0.2) is 5.82 Å². The van der Waals surface area contributed by atoms with Crippen molar-refractivity contribution in [1.82, 2.24) is 10.1 Å². The van der Waals surface area contributed by atoms with E-state index in [9.17, 15) is 18.3 Å². The average molecular weight is 337 g/mol. The fourth-order valence-electron chi connectivity index (χ4n) is 1.40. The minimum Gasteiger partial charge on any atom is -0.385 e. The van der Waals surface area contributed by atoms with Gasteiger partial charge < -0.3 is 9.63 Å². The molecule has 1 aromatic heterocycles. The van der Waals surface area contributed by atoms with Gasteiger partial charge in [-0.3, -0.25) is 0 Å². The van der Waals surface area contributed by atoms with Crippen LogP contribution < -0.4 is 0 Å². The predicted molar refractivity (Wildman–Crippen MR) is 63.1 cm³/mol. The maximum Gasteiger partial charge on any atom is 0.417 e. The van der Waals surface area contributed by atoms with Crippen LogP contribution in [0.1, 0.15) is 24.4 Å². The van der Waals surface area contributed by atoms with Crippen molar-refractivity contribution < 1.29 is 22.8 Å². The minimum atomic E-state index is -4.48. The quantitative estimate of drug-likeness (QED) is 0.910. The molecule has 0 aliphatic carbocycles. The number of rotatable bonds is 2. The monoisotopic (exact) mass is 336 g/mol. The van der Waals surface area contributed by atoms with Crippen molar-refractivity contribution in [2.75, 3.05) is 0 Å². The van der Waals surface area contributed by atoms with Gasteiger partial charge in [0.25, 0.3) is 5.89 Å². The van der Waals surface area contributed by atoms with Crippen LogP contribution >= 0.6 is 15.9 Å². The average Bonchev–Trinajstić information content (AvgIpc) is 2.77. The Morgan fingerprint density at radius 2 is 2.05 bits per heavy atom. The summed E-state index contributed by atoms with van der Waals surface area (Å²) < 4.78 is 43.0. The van der Waals surface area contributed by atoms with E-state index in [-0.39, 0.29) is 21.8 Å². The molecule has 0 spiro atoms. The van der Waals surface area contributed by atoms with Crippen LogP contribution in [0.4, 0.5) is 13.2 Å². The molecule has 19 heavy (non-hydrogen) atoms. The Hall–Kier alpha value is -1.41.